The second-order valence-corrected chi connectivity index (χ2v) is 3.14. The molecule has 3 nitrogen and oxygen atoms in total. The summed E-state index contributed by atoms with van der Waals surface area (Å²) in [5, 5.41) is 8.35. The van der Waals surface area contributed by atoms with Gasteiger partial charge in [-0.15, -0.1) is 11.8 Å². The highest BCUT2D eigenvalue weighted by atomic mass is 32.2. The Morgan fingerprint density at radius 2 is 2.40 bits per heavy atom. The predicted molar refractivity (Wildman–Crippen MR) is 43.0 cm³/mol. The Labute approximate surface area is 65.0 Å². The molecule has 0 heterocycles. The van der Waals surface area contributed by atoms with E-state index in [2.05, 4.69) is 0 Å². The first-order valence-electron chi connectivity index (χ1n) is 3.17. The molecular weight excluding hydrogens is 150 g/mol. The van der Waals surface area contributed by atoms with Gasteiger partial charge in [0, 0.05) is 6.42 Å². The summed E-state index contributed by atoms with van der Waals surface area (Å²) in [6, 6.07) is 0. The van der Waals surface area contributed by atoms with Crippen molar-refractivity contribution in [2.75, 3.05) is 6.26 Å². The van der Waals surface area contributed by atoms with E-state index in [1.807, 2.05) is 6.26 Å². The van der Waals surface area contributed by atoms with Gasteiger partial charge in [-0.3, -0.25) is 4.79 Å². The van der Waals surface area contributed by atoms with Crippen LogP contribution in [0.25, 0.3) is 0 Å². The number of nitrogens with two attached hydrogens (primary N) is 1. The Bertz CT molecular complexity index is 108. The van der Waals surface area contributed by atoms with Crippen molar-refractivity contribution in [2.45, 2.75) is 24.6 Å². The number of carboxylic acids is 1. The summed E-state index contributed by atoms with van der Waals surface area (Å²) >= 11 is 1.56. The molecule has 0 spiro atoms. The van der Waals surface area contributed by atoms with Crippen LogP contribution in [0, 0.1) is 0 Å². The number of aliphatic carboxylic acids is 1. The summed E-state index contributed by atoms with van der Waals surface area (Å²) in [5.74, 6) is -0.742. The van der Waals surface area contributed by atoms with Crippen molar-refractivity contribution >= 4 is 17.7 Å². The highest BCUT2D eigenvalue weighted by Crippen LogP contribution is 2.07. The molecule has 0 saturated carbocycles. The van der Waals surface area contributed by atoms with Crippen LogP contribution in [0.1, 0.15) is 19.3 Å². The van der Waals surface area contributed by atoms with Gasteiger partial charge in [0.2, 0.25) is 0 Å². The number of carboxylic acid groups (broad SMARTS) is 1. The molecular formula is C6H13NO2S. The Balaban J connectivity index is 3.11. The van der Waals surface area contributed by atoms with Crippen LogP contribution >= 0.6 is 11.8 Å². The van der Waals surface area contributed by atoms with Gasteiger partial charge in [-0.2, -0.15) is 0 Å². The molecule has 0 aromatic heterocycles. The van der Waals surface area contributed by atoms with Crippen LogP contribution in [0.3, 0.4) is 0 Å². The Morgan fingerprint density at radius 3 is 2.80 bits per heavy atom. The van der Waals surface area contributed by atoms with Crippen LogP contribution in [0.5, 0.6) is 0 Å². The molecule has 0 saturated heterocycles. The first-order chi connectivity index (χ1) is 4.66. The second-order valence-electron chi connectivity index (χ2n) is 2.06. The molecule has 0 aliphatic rings. The van der Waals surface area contributed by atoms with Gasteiger partial charge in [0.1, 0.15) is 0 Å². The minimum absolute atomic E-state index is 0.0966. The molecule has 4 heteroatoms. The lowest BCUT2D eigenvalue weighted by Crippen LogP contribution is -2.14. The molecule has 1 atom stereocenters. The number of hydrogen-bond donors (Lipinski definition) is 2. The molecule has 0 rings (SSSR count). The highest BCUT2D eigenvalue weighted by molar-refractivity contribution is 7.99. The Hall–Kier alpha value is -0.220. The van der Waals surface area contributed by atoms with E-state index in [-0.39, 0.29) is 11.8 Å². The standard InChI is InChI=1S/C6H13NO2S/c1-10-5(7)3-2-4-6(8)9/h5H,2-4,7H2,1H3,(H,8,9). The summed E-state index contributed by atoms with van der Waals surface area (Å²) in [6.45, 7) is 0. The highest BCUT2D eigenvalue weighted by Gasteiger charge is 2.01. The number of rotatable bonds is 5. The van der Waals surface area contributed by atoms with Crippen molar-refractivity contribution in [3.05, 3.63) is 0 Å². The van der Waals surface area contributed by atoms with E-state index < -0.39 is 5.97 Å². The van der Waals surface area contributed by atoms with E-state index in [0.717, 1.165) is 6.42 Å². The molecule has 0 fully saturated rings. The fourth-order valence-electron chi connectivity index (χ4n) is 0.572. The molecule has 10 heavy (non-hydrogen) atoms. The summed E-state index contributed by atoms with van der Waals surface area (Å²) in [6.07, 6.45) is 3.62. The zero-order valence-electron chi connectivity index (χ0n) is 6.04. The van der Waals surface area contributed by atoms with E-state index >= 15 is 0 Å². The van der Waals surface area contributed by atoms with E-state index in [0.29, 0.717) is 6.42 Å². The summed E-state index contributed by atoms with van der Waals surface area (Å²) < 4.78 is 0. The fourth-order valence-corrected chi connectivity index (χ4v) is 0.975. The van der Waals surface area contributed by atoms with Gasteiger partial charge in [-0.25, -0.2) is 0 Å². The lowest BCUT2D eigenvalue weighted by atomic mass is 10.2. The summed E-state index contributed by atoms with van der Waals surface area (Å²) in [4.78, 5) is 10.0. The van der Waals surface area contributed by atoms with Crippen LogP contribution in [0.2, 0.25) is 0 Å². The van der Waals surface area contributed by atoms with Crippen molar-refractivity contribution in [1.82, 2.24) is 0 Å². The van der Waals surface area contributed by atoms with Gasteiger partial charge in [0.25, 0.3) is 0 Å². The van der Waals surface area contributed by atoms with E-state index in [1.54, 1.807) is 11.8 Å². The van der Waals surface area contributed by atoms with Gasteiger partial charge in [-0.1, -0.05) is 0 Å². The predicted octanol–water partition coefficient (Wildman–Crippen LogP) is 0.889. The van der Waals surface area contributed by atoms with Crippen LogP contribution in [0.15, 0.2) is 0 Å². The van der Waals surface area contributed by atoms with Crippen molar-refractivity contribution in [3.8, 4) is 0 Å². The lowest BCUT2D eigenvalue weighted by molar-refractivity contribution is -0.137. The Kier molecular flexibility index (Phi) is 5.43. The maximum absolute atomic E-state index is 10.0. The van der Waals surface area contributed by atoms with Gasteiger partial charge in [0.15, 0.2) is 0 Å². The van der Waals surface area contributed by atoms with Gasteiger partial charge in [0.05, 0.1) is 5.37 Å². The monoisotopic (exact) mass is 163 g/mol. The third-order valence-electron chi connectivity index (χ3n) is 1.18. The third-order valence-corrected chi connectivity index (χ3v) is 2.02. The van der Waals surface area contributed by atoms with Crippen LogP contribution in [-0.4, -0.2) is 22.7 Å². The van der Waals surface area contributed by atoms with Crippen LogP contribution in [-0.2, 0) is 4.79 Å². The largest absolute Gasteiger partial charge is 0.481 e. The van der Waals surface area contributed by atoms with E-state index in [4.69, 9.17) is 10.8 Å². The quantitative estimate of drug-likeness (QED) is 0.591. The van der Waals surface area contributed by atoms with E-state index in [9.17, 15) is 4.79 Å². The minimum Gasteiger partial charge on any atom is -0.481 e. The zero-order valence-corrected chi connectivity index (χ0v) is 6.86. The van der Waals surface area contributed by atoms with Crippen LogP contribution < -0.4 is 5.73 Å². The van der Waals surface area contributed by atoms with Crippen LogP contribution in [0.4, 0.5) is 0 Å². The smallest absolute Gasteiger partial charge is 0.303 e. The number of hydrogen-bond acceptors (Lipinski definition) is 3. The topological polar surface area (TPSA) is 63.3 Å². The van der Waals surface area contributed by atoms with Crippen molar-refractivity contribution in [3.63, 3.8) is 0 Å². The summed E-state index contributed by atoms with van der Waals surface area (Å²) in [7, 11) is 0. The normalized spacial score (nSPS) is 13.0. The van der Waals surface area contributed by atoms with Crippen molar-refractivity contribution in [2.24, 2.45) is 5.73 Å². The average molecular weight is 163 g/mol. The molecule has 3 N–H and O–H groups in total. The number of carbonyl (C=O) groups is 1. The molecule has 0 aromatic carbocycles. The second kappa shape index (κ2) is 5.56. The zero-order chi connectivity index (χ0) is 7.98. The fraction of sp³-hybridized carbons (Fsp3) is 0.833. The third kappa shape index (κ3) is 5.91. The molecule has 0 aromatic rings. The van der Waals surface area contributed by atoms with Crippen molar-refractivity contribution < 1.29 is 9.90 Å². The van der Waals surface area contributed by atoms with Crippen molar-refractivity contribution in [1.29, 1.82) is 0 Å². The lowest BCUT2D eigenvalue weighted by Gasteiger charge is -2.04. The molecule has 0 radical (unpaired) electrons. The number of thioether (sulfide) groups is 1. The Morgan fingerprint density at radius 1 is 1.80 bits per heavy atom. The molecule has 0 amide bonds. The first-order valence-corrected chi connectivity index (χ1v) is 4.45. The SMILES string of the molecule is CSC(N)CCCC(=O)O. The average Bonchev–Trinajstić information content (AvgIpc) is 1.87. The first kappa shape index (κ1) is 9.78. The maximum Gasteiger partial charge on any atom is 0.303 e. The van der Waals surface area contributed by atoms with Gasteiger partial charge >= 0.3 is 5.97 Å². The molecule has 1 unspecified atom stereocenters. The van der Waals surface area contributed by atoms with E-state index in [1.165, 1.54) is 0 Å². The maximum atomic E-state index is 10.0. The van der Waals surface area contributed by atoms with Gasteiger partial charge in [-0.05, 0) is 19.1 Å². The molecule has 0 aliphatic carbocycles. The summed E-state index contributed by atoms with van der Waals surface area (Å²) in [5.41, 5.74) is 5.53. The molecule has 0 bridgehead atoms. The molecule has 0 aliphatic heterocycles. The minimum atomic E-state index is -0.742. The molecule has 60 valence electrons. The van der Waals surface area contributed by atoms with Gasteiger partial charge < -0.3 is 10.8 Å².